The van der Waals surface area contributed by atoms with Crippen LogP contribution in [0.5, 0.6) is 0 Å². The van der Waals surface area contributed by atoms with Crippen molar-refractivity contribution in [1.82, 2.24) is 0 Å². The predicted molar refractivity (Wildman–Crippen MR) is 52.8 cm³/mol. The molecule has 56 valence electrons. The second-order valence-corrected chi connectivity index (χ2v) is 5.01. The van der Waals surface area contributed by atoms with Gasteiger partial charge in [0.25, 0.3) is 0 Å². The fourth-order valence-corrected chi connectivity index (χ4v) is 2.29. The van der Waals surface area contributed by atoms with Crippen molar-refractivity contribution in [2.75, 3.05) is 6.54 Å². The van der Waals surface area contributed by atoms with E-state index in [1.165, 1.54) is 4.88 Å². The first-order chi connectivity index (χ1) is 4.74. The summed E-state index contributed by atoms with van der Waals surface area (Å²) in [7, 11) is 0. The molecule has 0 bridgehead atoms. The zero-order valence-corrected chi connectivity index (χ0v) is 8.55. The molecule has 1 heterocycles. The molecule has 0 spiro atoms. The number of hydrogen-bond acceptors (Lipinski definition) is 3. The van der Waals surface area contributed by atoms with E-state index >= 15 is 0 Å². The van der Waals surface area contributed by atoms with Crippen LogP contribution in [0, 0.1) is 0 Å². The van der Waals surface area contributed by atoms with Crippen LogP contribution in [0.3, 0.4) is 0 Å². The first-order valence-corrected chi connectivity index (χ1v) is 5.00. The summed E-state index contributed by atoms with van der Waals surface area (Å²) >= 11 is 9.35. The van der Waals surface area contributed by atoms with Gasteiger partial charge in [0, 0.05) is 16.7 Å². The lowest BCUT2D eigenvalue weighted by molar-refractivity contribution is 0.969. The highest BCUT2D eigenvalue weighted by molar-refractivity contribution is 9.11. The second kappa shape index (κ2) is 3.76. The monoisotopic (exact) mass is 237 g/mol. The van der Waals surface area contributed by atoms with E-state index in [1.807, 2.05) is 12.1 Å². The molecule has 0 amide bonds. The fourth-order valence-electron chi connectivity index (χ4n) is 0.624. The van der Waals surface area contributed by atoms with Crippen molar-refractivity contribution < 1.29 is 0 Å². The van der Waals surface area contributed by atoms with Gasteiger partial charge in [-0.2, -0.15) is 12.6 Å². The summed E-state index contributed by atoms with van der Waals surface area (Å²) in [6, 6.07) is 4.05. The van der Waals surface area contributed by atoms with Gasteiger partial charge in [-0.15, -0.1) is 11.3 Å². The van der Waals surface area contributed by atoms with Gasteiger partial charge in [0.1, 0.15) is 0 Å². The zero-order chi connectivity index (χ0) is 7.56. The third-order valence-electron chi connectivity index (χ3n) is 1.15. The van der Waals surface area contributed by atoms with Crippen LogP contribution in [-0.2, 0) is 0 Å². The Morgan fingerprint density at radius 3 is 2.80 bits per heavy atom. The predicted octanol–water partition coefficient (Wildman–Crippen LogP) is 2.44. The van der Waals surface area contributed by atoms with Crippen LogP contribution in [0.1, 0.15) is 10.1 Å². The minimum Gasteiger partial charge on any atom is -0.329 e. The van der Waals surface area contributed by atoms with Gasteiger partial charge in [-0.05, 0) is 28.1 Å². The van der Waals surface area contributed by atoms with Gasteiger partial charge < -0.3 is 5.73 Å². The van der Waals surface area contributed by atoms with Crippen molar-refractivity contribution in [2.45, 2.75) is 5.25 Å². The molecule has 0 aliphatic heterocycles. The van der Waals surface area contributed by atoms with Crippen molar-refractivity contribution >= 4 is 39.9 Å². The lowest BCUT2D eigenvalue weighted by atomic mass is 10.3. The Balaban J connectivity index is 2.74. The molecule has 0 saturated heterocycles. The van der Waals surface area contributed by atoms with E-state index in [9.17, 15) is 0 Å². The molecule has 10 heavy (non-hydrogen) atoms. The first kappa shape index (κ1) is 8.59. The Morgan fingerprint density at radius 2 is 2.40 bits per heavy atom. The second-order valence-electron chi connectivity index (χ2n) is 1.89. The molecular formula is C6H8BrNS2. The molecule has 1 aromatic heterocycles. The largest absolute Gasteiger partial charge is 0.329 e. The molecule has 1 aromatic rings. The zero-order valence-electron chi connectivity index (χ0n) is 5.25. The van der Waals surface area contributed by atoms with Crippen LogP contribution in [0.2, 0.25) is 0 Å². The molecule has 0 aromatic carbocycles. The molecule has 0 aliphatic rings. The molecular weight excluding hydrogens is 230 g/mol. The maximum atomic E-state index is 5.43. The molecule has 1 nitrogen and oxygen atoms in total. The van der Waals surface area contributed by atoms with Crippen molar-refractivity contribution in [1.29, 1.82) is 0 Å². The summed E-state index contributed by atoms with van der Waals surface area (Å²) in [6.07, 6.45) is 0. The standard InChI is InChI=1S/C6H8BrNS2/c7-6-2-1-5(10-6)4(9)3-8/h1-2,4,9H,3,8H2. The molecule has 1 unspecified atom stereocenters. The molecule has 4 heteroatoms. The van der Waals surface area contributed by atoms with Gasteiger partial charge in [-0.25, -0.2) is 0 Å². The number of rotatable bonds is 2. The van der Waals surface area contributed by atoms with E-state index in [-0.39, 0.29) is 5.25 Å². The Hall–Kier alpha value is 0.490. The van der Waals surface area contributed by atoms with Crippen LogP contribution >= 0.6 is 39.9 Å². The summed E-state index contributed by atoms with van der Waals surface area (Å²) in [6.45, 7) is 0.593. The highest BCUT2D eigenvalue weighted by Gasteiger charge is 2.05. The molecule has 1 atom stereocenters. The van der Waals surface area contributed by atoms with Crippen molar-refractivity contribution in [3.8, 4) is 0 Å². The number of halogens is 1. The quantitative estimate of drug-likeness (QED) is 0.760. The third kappa shape index (κ3) is 1.99. The van der Waals surface area contributed by atoms with Crippen LogP contribution in [0.4, 0.5) is 0 Å². The molecule has 0 aliphatic carbocycles. The van der Waals surface area contributed by atoms with Crippen molar-refractivity contribution in [3.05, 3.63) is 20.8 Å². The highest BCUT2D eigenvalue weighted by Crippen LogP contribution is 2.29. The summed E-state index contributed by atoms with van der Waals surface area (Å²) in [4.78, 5) is 1.22. The van der Waals surface area contributed by atoms with Gasteiger partial charge in [0.05, 0.1) is 3.79 Å². The molecule has 1 rings (SSSR count). The van der Waals surface area contributed by atoms with Gasteiger partial charge >= 0.3 is 0 Å². The van der Waals surface area contributed by atoms with E-state index in [1.54, 1.807) is 11.3 Å². The topological polar surface area (TPSA) is 26.0 Å². The average molecular weight is 238 g/mol. The minimum atomic E-state index is 0.191. The van der Waals surface area contributed by atoms with E-state index < -0.39 is 0 Å². The van der Waals surface area contributed by atoms with E-state index in [2.05, 4.69) is 28.6 Å². The lowest BCUT2D eigenvalue weighted by Gasteiger charge is -2.01. The maximum absolute atomic E-state index is 5.43. The van der Waals surface area contributed by atoms with Crippen LogP contribution in [0.15, 0.2) is 15.9 Å². The van der Waals surface area contributed by atoms with Gasteiger partial charge in [-0.1, -0.05) is 0 Å². The van der Waals surface area contributed by atoms with E-state index in [0.717, 1.165) is 3.79 Å². The smallest absolute Gasteiger partial charge is 0.0701 e. The first-order valence-electron chi connectivity index (χ1n) is 2.87. The normalized spacial score (nSPS) is 13.5. The highest BCUT2D eigenvalue weighted by atomic mass is 79.9. The SMILES string of the molecule is NCC(S)c1ccc(Br)s1. The van der Waals surface area contributed by atoms with Gasteiger partial charge in [0.2, 0.25) is 0 Å². The van der Waals surface area contributed by atoms with Gasteiger partial charge in [0.15, 0.2) is 0 Å². The van der Waals surface area contributed by atoms with E-state index in [4.69, 9.17) is 5.73 Å². The minimum absolute atomic E-state index is 0.191. The van der Waals surface area contributed by atoms with Crippen LogP contribution < -0.4 is 5.73 Å². The summed E-state index contributed by atoms with van der Waals surface area (Å²) in [5.74, 6) is 0. The number of hydrogen-bond donors (Lipinski definition) is 2. The maximum Gasteiger partial charge on any atom is 0.0701 e. The molecule has 0 saturated carbocycles. The number of nitrogens with two attached hydrogens (primary N) is 1. The lowest BCUT2D eigenvalue weighted by Crippen LogP contribution is -2.04. The van der Waals surface area contributed by atoms with Gasteiger partial charge in [-0.3, -0.25) is 0 Å². The molecule has 2 N–H and O–H groups in total. The number of thiol groups is 1. The summed E-state index contributed by atoms with van der Waals surface area (Å²) < 4.78 is 1.13. The average Bonchev–Trinajstić information content (AvgIpc) is 2.34. The molecule has 0 fully saturated rings. The Bertz CT molecular complexity index is 211. The van der Waals surface area contributed by atoms with E-state index in [0.29, 0.717) is 6.54 Å². The Morgan fingerprint density at radius 1 is 1.70 bits per heavy atom. The van der Waals surface area contributed by atoms with Crippen LogP contribution in [0.25, 0.3) is 0 Å². The summed E-state index contributed by atoms with van der Waals surface area (Å²) in [5.41, 5.74) is 5.43. The van der Waals surface area contributed by atoms with Crippen molar-refractivity contribution in [2.24, 2.45) is 5.73 Å². The fraction of sp³-hybridized carbons (Fsp3) is 0.333. The van der Waals surface area contributed by atoms with Crippen molar-refractivity contribution in [3.63, 3.8) is 0 Å². The molecule has 0 radical (unpaired) electrons. The number of thiophene rings is 1. The Labute approximate surface area is 78.2 Å². The summed E-state index contributed by atoms with van der Waals surface area (Å²) in [5, 5.41) is 0.191. The van der Waals surface area contributed by atoms with Crippen LogP contribution in [-0.4, -0.2) is 6.54 Å². The Kier molecular flexibility index (Phi) is 3.23. The third-order valence-corrected chi connectivity index (χ3v) is 3.55.